The van der Waals surface area contributed by atoms with E-state index in [1.807, 2.05) is 30.3 Å². The molecule has 0 unspecified atom stereocenters. The van der Waals surface area contributed by atoms with Crippen molar-refractivity contribution in [1.29, 1.82) is 0 Å². The summed E-state index contributed by atoms with van der Waals surface area (Å²) in [5, 5.41) is 10.2. The number of carboxylic acids is 1. The molecule has 20 heavy (non-hydrogen) atoms. The maximum Gasteiger partial charge on any atom is 0.354 e. The van der Waals surface area contributed by atoms with Gasteiger partial charge >= 0.3 is 5.97 Å². The Kier molecular flexibility index (Phi) is 4.03. The molecule has 1 heterocycles. The predicted molar refractivity (Wildman–Crippen MR) is 81.4 cm³/mol. The van der Waals surface area contributed by atoms with Crippen LogP contribution >= 0.6 is 0 Å². The first-order valence-corrected chi connectivity index (χ1v) is 6.55. The zero-order valence-electron chi connectivity index (χ0n) is 11.7. The summed E-state index contributed by atoms with van der Waals surface area (Å²) in [5.74, 6) is -1.01. The molecule has 0 aliphatic heterocycles. The van der Waals surface area contributed by atoms with Gasteiger partial charge in [0, 0.05) is 23.7 Å². The largest absolute Gasteiger partial charge is 0.477 e. The highest BCUT2D eigenvalue weighted by molar-refractivity contribution is 5.97. The summed E-state index contributed by atoms with van der Waals surface area (Å²) in [6.45, 7) is 8.57. The highest BCUT2D eigenvalue weighted by Gasteiger charge is 2.16. The van der Waals surface area contributed by atoms with Crippen LogP contribution in [0.15, 0.2) is 43.0 Å². The smallest absolute Gasteiger partial charge is 0.354 e. The summed E-state index contributed by atoms with van der Waals surface area (Å²) in [7, 11) is 0. The number of carboxylic acid groups (broad SMARTS) is 1. The predicted octanol–water partition coefficient (Wildman–Crippen LogP) is 3.33. The number of rotatable bonds is 5. The number of benzene rings is 1. The number of fused-ring (bicyclic) bond motifs is 1. The van der Waals surface area contributed by atoms with Gasteiger partial charge in [0.15, 0.2) is 5.69 Å². The van der Waals surface area contributed by atoms with Crippen LogP contribution in [0.1, 0.15) is 24.3 Å². The lowest BCUT2D eigenvalue weighted by molar-refractivity contribution is 0.0691. The molecule has 0 aliphatic carbocycles. The fourth-order valence-corrected chi connectivity index (χ4v) is 2.23. The van der Waals surface area contributed by atoms with Crippen LogP contribution in [0.2, 0.25) is 0 Å². The third kappa shape index (κ3) is 2.64. The molecule has 2 aromatic rings. The average molecular weight is 270 g/mol. The third-order valence-electron chi connectivity index (χ3n) is 3.17. The standard InChI is InChI=1S/C16H18N2O2/c1-4-9-18(11(2)3)15-10-14(16(19)20)17-13-8-6-5-7-12(13)15/h4-8,10-11H,1,9H2,2-3H3,(H,19,20). The van der Waals surface area contributed by atoms with Crippen molar-refractivity contribution in [2.45, 2.75) is 19.9 Å². The van der Waals surface area contributed by atoms with Gasteiger partial charge in [-0.05, 0) is 26.0 Å². The lowest BCUT2D eigenvalue weighted by Crippen LogP contribution is -2.31. The highest BCUT2D eigenvalue weighted by atomic mass is 16.4. The van der Waals surface area contributed by atoms with Gasteiger partial charge in [0.05, 0.1) is 5.52 Å². The summed E-state index contributed by atoms with van der Waals surface area (Å²) >= 11 is 0. The molecular formula is C16H18N2O2. The molecule has 1 aromatic heterocycles. The number of anilines is 1. The molecule has 0 radical (unpaired) electrons. The summed E-state index contributed by atoms with van der Waals surface area (Å²) in [4.78, 5) is 17.5. The van der Waals surface area contributed by atoms with Crippen LogP contribution in [0.5, 0.6) is 0 Å². The number of hydrogen-bond donors (Lipinski definition) is 1. The number of pyridine rings is 1. The minimum absolute atomic E-state index is 0.0633. The zero-order valence-corrected chi connectivity index (χ0v) is 11.7. The van der Waals surface area contributed by atoms with Crippen molar-refractivity contribution in [3.63, 3.8) is 0 Å². The van der Waals surface area contributed by atoms with E-state index in [-0.39, 0.29) is 11.7 Å². The second kappa shape index (κ2) is 5.74. The van der Waals surface area contributed by atoms with Gasteiger partial charge in [-0.3, -0.25) is 0 Å². The molecule has 0 amide bonds. The summed E-state index contributed by atoms with van der Waals surface area (Å²) in [6, 6.07) is 9.45. The summed E-state index contributed by atoms with van der Waals surface area (Å²) in [5.41, 5.74) is 1.63. The van der Waals surface area contributed by atoms with Gasteiger partial charge in [0.2, 0.25) is 0 Å². The Labute approximate surface area is 118 Å². The molecule has 4 nitrogen and oxygen atoms in total. The number of aromatic nitrogens is 1. The normalized spacial score (nSPS) is 10.8. The molecule has 0 atom stereocenters. The number of nitrogens with zero attached hydrogens (tertiary/aromatic N) is 2. The molecule has 0 saturated carbocycles. The molecule has 0 spiro atoms. The Hall–Kier alpha value is -2.36. The number of para-hydroxylation sites is 1. The minimum atomic E-state index is -1.01. The molecule has 0 bridgehead atoms. The van der Waals surface area contributed by atoms with Gasteiger partial charge in [-0.25, -0.2) is 9.78 Å². The van der Waals surface area contributed by atoms with Gasteiger partial charge in [-0.2, -0.15) is 0 Å². The monoisotopic (exact) mass is 270 g/mol. The summed E-state index contributed by atoms with van der Waals surface area (Å²) in [6.07, 6.45) is 1.82. The van der Waals surface area contributed by atoms with Crippen molar-refractivity contribution in [3.8, 4) is 0 Å². The Morgan fingerprint density at radius 3 is 2.75 bits per heavy atom. The van der Waals surface area contributed by atoms with Crippen molar-refractivity contribution >= 4 is 22.6 Å². The van der Waals surface area contributed by atoms with Gasteiger partial charge in [-0.15, -0.1) is 6.58 Å². The van der Waals surface area contributed by atoms with Crippen molar-refractivity contribution in [1.82, 2.24) is 4.98 Å². The molecule has 1 N–H and O–H groups in total. The Morgan fingerprint density at radius 2 is 2.15 bits per heavy atom. The number of hydrogen-bond acceptors (Lipinski definition) is 3. The zero-order chi connectivity index (χ0) is 14.7. The first kappa shape index (κ1) is 14.1. The van der Waals surface area contributed by atoms with Gasteiger partial charge in [0.25, 0.3) is 0 Å². The van der Waals surface area contributed by atoms with Gasteiger partial charge < -0.3 is 10.0 Å². The van der Waals surface area contributed by atoms with Crippen molar-refractivity contribution < 1.29 is 9.90 Å². The van der Waals surface area contributed by atoms with Crippen molar-refractivity contribution in [2.75, 3.05) is 11.4 Å². The van der Waals surface area contributed by atoms with E-state index in [0.29, 0.717) is 12.1 Å². The second-order valence-electron chi connectivity index (χ2n) is 4.88. The topological polar surface area (TPSA) is 53.4 Å². The summed E-state index contributed by atoms with van der Waals surface area (Å²) < 4.78 is 0. The van der Waals surface area contributed by atoms with Crippen LogP contribution in [0.3, 0.4) is 0 Å². The minimum Gasteiger partial charge on any atom is -0.477 e. The third-order valence-corrected chi connectivity index (χ3v) is 3.17. The highest BCUT2D eigenvalue weighted by Crippen LogP contribution is 2.28. The molecule has 0 fully saturated rings. The van der Waals surface area contributed by atoms with Crippen LogP contribution in [0.25, 0.3) is 10.9 Å². The molecule has 1 aromatic carbocycles. The van der Waals surface area contributed by atoms with E-state index in [1.165, 1.54) is 0 Å². The average Bonchev–Trinajstić information content (AvgIpc) is 2.43. The van der Waals surface area contributed by atoms with Crippen molar-refractivity contribution in [2.24, 2.45) is 0 Å². The molecule has 4 heteroatoms. The first-order chi connectivity index (χ1) is 9.54. The fourth-order valence-electron chi connectivity index (χ4n) is 2.23. The van der Waals surface area contributed by atoms with E-state index in [2.05, 4.69) is 30.3 Å². The van der Waals surface area contributed by atoms with Crippen LogP contribution in [0.4, 0.5) is 5.69 Å². The van der Waals surface area contributed by atoms with Crippen LogP contribution in [0, 0.1) is 0 Å². The molecular weight excluding hydrogens is 252 g/mol. The van der Waals surface area contributed by atoms with Crippen molar-refractivity contribution in [3.05, 3.63) is 48.7 Å². The van der Waals surface area contributed by atoms with E-state index >= 15 is 0 Å². The second-order valence-corrected chi connectivity index (χ2v) is 4.88. The molecule has 104 valence electrons. The van der Waals surface area contributed by atoms with Gasteiger partial charge in [-0.1, -0.05) is 24.3 Å². The van der Waals surface area contributed by atoms with E-state index in [1.54, 1.807) is 6.07 Å². The van der Waals surface area contributed by atoms with Crippen LogP contribution in [-0.4, -0.2) is 28.6 Å². The Balaban J connectivity index is 2.70. The van der Waals surface area contributed by atoms with Gasteiger partial charge in [0.1, 0.15) is 0 Å². The molecule has 0 aliphatic rings. The van der Waals surface area contributed by atoms with E-state index in [4.69, 9.17) is 0 Å². The van der Waals surface area contributed by atoms with Crippen LogP contribution in [-0.2, 0) is 0 Å². The lowest BCUT2D eigenvalue weighted by atomic mass is 10.1. The quantitative estimate of drug-likeness (QED) is 0.847. The van der Waals surface area contributed by atoms with E-state index < -0.39 is 5.97 Å². The number of carbonyl (C=O) groups is 1. The molecule has 0 saturated heterocycles. The van der Waals surface area contributed by atoms with E-state index in [0.717, 1.165) is 11.1 Å². The SMILES string of the molecule is C=CCN(c1cc(C(=O)O)nc2ccccc12)C(C)C. The lowest BCUT2D eigenvalue weighted by Gasteiger charge is -2.29. The maximum absolute atomic E-state index is 11.2. The first-order valence-electron chi connectivity index (χ1n) is 6.55. The fraction of sp³-hybridized carbons (Fsp3) is 0.250. The Morgan fingerprint density at radius 1 is 1.45 bits per heavy atom. The molecule has 2 rings (SSSR count). The van der Waals surface area contributed by atoms with E-state index in [9.17, 15) is 9.90 Å². The Bertz CT molecular complexity index is 650. The number of aromatic carboxylic acids is 1. The maximum atomic E-state index is 11.2. The van der Waals surface area contributed by atoms with Crippen LogP contribution < -0.4 is 4.90 Å².